The molecular formula is C25H39N5O7. The van der Waals surface area contributed by atoms with Crippen LogP contribution in [0.1, 0.15) is 59.8 Å². The van der Waals surface area contributed by atoms with Crippen molar-refractivity contribution in [2.45, 2.75) is 108 Å². The summed E-state index contributed by atoms with van der Waals surface area (Å²) >= 11 is 0. The van der Waals surface area contributed by atoms with E-state index < -0.39 is 36.2 Å². The van der Waals surface area contributed by atoms with Gasteiger partial charge in [-0.05, 0) is 65.2 Å². The molecule has 0 unspecified atom stereocenters. The lowest BCUT2D eigenvalue weighted by molar-refractivity contribution is -0.238. The third-order valence-electron chi connectivity index (χ3n) is 7.91. The van der Waals surface area contributed by atoms with Gasteiger partial charge in [0, 0.05) is 19.2 Å². The van der Waals surface area contributed by atoms with Gasteiger partial charge in [0.15, 0.2) is 17.9 Å². The lowest BCUT2D eigenvalue weighted by atomic mass is 9.95. The number of anilines is 2. The van der Waals surface area contributed by atoms with Gasteiger partial charge in [-0.3, -0.25) is 0 Å². The zero-order valence-corrected chi connectivity index (χ0v) is 22.0. The van der Waals surface area contributed by atoms with Crippen LogP contribution in [-0.2, 0) is 23.7 Å². The fourth-order valence-electron chi connectivity index (χ4n) is 6.42. The Morgan fingerprint density at radius 1 is 0.919 bits per heavy atom. The van der Waals surface area contributed by atoms with Crippen LogP contribution >= 0.6 is 0 Å². The Balaban J connectivity index is 1.17. The van der Waals surface area contributed by atoms with E-state index in [-0.39, 0.29) is 25.3 Å². The topological polar surface area (TPSA) is 138 Å². The number of hydrogen-bond donors (Lipinski definition) is 3. The molecule has 2 saturated carbocycles. The highest BCUT2D eigenvalue weighted by molar-refractivity contribution is 5.37. The van der Waals surface area contributed by atoms with Gasteiger partial charge in [0.2, 0.25) is 11.9 Å². The number of fused-ring (bicyclic) bond motifs is 5. The predicted molar refractivity (Wildman–Crippen MR) is 131 cm³/mol. The summed E-state index contributed by atoms with van der Waals surface area (Å²) in [5.74, 6) is 0.798. The number of hydrogen-bond acceptors (Lipinski definition) is 12. The monoisotopic (exact) mass is 521 g/mol. The van der Waals surface area contributed by atoms with Gasteiger partial charge in [-0.15, -0.1) is 0 Å². The second-order valence-corrected chi connectivity index (χ2v) is 11.7. The molecule has 4 heterocycles. The minimum atomic E-state index is -0.782. The van der Waals surface area contributed by atoms with Gasteiger partial charge >= 0.3 is 6.01 Å². The molecule has 5 fully saturated rings. The summed E-state index contributed by atoms with van der Waals surface area (Å²) in [5, 5.41) is 15.8. The Morgan fingerprint density at radius 2 is 1.68 bits per heavy atom. The van der Waals surface area contributed by atoms with Gasteiger partial charge in [-0.25, -0.2) is 0 Å². The average Bonchev–Trinajstić information content (AvgIpc) is 3.58. The van der Waals surface area contributed by atoms with Crippen molar-refractivity contribution in [3.05, 3.63) is 0 Å². The van der Waals surface area contributed by atoms with Crippen molar-refractivity contribution in [2.24, 2.45) is 11.8 Å². The Morgan fingerprint density at radius 3 is 2.43 bits per heavy atom. The fourth-order valence-corrected chi connectivity index (χ4v) is 6.42. The van der Waals surface area contributed by atoms with E-state index in [1.54, 1.807) is 0 Å². The van der Waals surface area contributed by atoms with Crippen molar-refractivity contribution in [3.63, 3.8) is 0 Å². The van der Waals surface area contributed by atoms with Crippen LogP contribution in [0.5, 0.6) is 6.01 Å². The number of rotatable bonds is 9. The van der Waals surface area contributed by atoms with Crippen LogP contribution in [0.3, 0.4) is 0 Å². The largest absolute Gasteiger partial charge is 0.460 e. The van der Waals surface area contributed by atoms with Gasteiger partial charge in [-0.1, -0.05) is 6.42 Å². The Hall–Kier alpha value is -1.83. The number of aliphatic hydroxyl groups excluding tert-OH is 1. The molecule has 206 valence electrons. The molecule has 2 aliphatic carbocycles. The summed E-state index contributed by atoms with van der Waals surface area (Å²) in [6, 6.07) is 0.560. The Bertz CT molecular complexity index is 981. The van der Waals surface area contributed by atoms with Gasteiger partial charge in [0.25, 0.3) is 0 Å². The van der Waals surface area contributed by atoms with Crippen molar-refractivity contribution in [1.82, 2.24) is 15.0 Å². The zero-order chi connectivity index (χ0) is 25.8. The van der Waals surface area contributed by atoms with Gasteiger partial charge < -0.3 is 44.2 Å². The fraction of sp³-hybridized carbons (Fsp3) is 0.880. The normalized spacial score (nSPS) is 38.8. The SMILES string of the molecule is CC1(C)O[C@H]2[C@@H](O1)[C@@H](COc1nc(NCCCO)nc(N[C@H]3C[C@@H]4CC[C@H]3C4)n1)O[C@@H]1OC(C)(C)O[C@@H]12. The maximum atomic E-state index is 9.16. The zero-order valence-electron chi connectivity index (χ0n) is 22.0. The minimum absolute atomic E-state index is 0.0857. The summed E-state index contributed by atoms with van der Waals surface area (Å²) in [7, 11) is 0. The summed E-state index contributed by atoms with van der Waals surface area (Å²) in [5.41, 5.74) is 0. The molecule has 1 aromatic heterocycles. The van der Waals surface area contributed by atoms with Crippen LogP contribution in [-0.4, -0.2) is 88.1 Å². The predicted octanol–water partition coefficient (Wildman–Crippen LogP) is 2.04. The van der Waals surface area contributed by atoms with Crippen molar-refractivity contribution in [1.29, 1.82) is 0 Å². The van der Waals surface area contributed by atoms with E-state index in [0.717, 1.165) is 12.3 Å². The van der Waals surface area contributed by atoms with Crippen molar-refractivity contribution in [2.75, 3.05) is 30.4 Å². The number of aliphatic hydroxyl groups is 1. The third-order valence-corrected chi connectivity index (χ3v) is 7.91. The Labute approximate surface area is 217 Å². The van der Waals surface area contributed by atoms with Crippen LogP contribution < -0.4 is 15.4 Å². The maximum absolute atomic E-state index is 9.16. The molecule has 0 radical (unpaired) electrons. The highest BCUT2D eigenvalue weighted by Gasteiger charge is 2.60. The summed E-state index contributed by atoms with van der Waals surface area (Å²) in [6.45, 7) is 8.24. The first kappa shape index (κ1) is 25.4. The second-order valence-electron chi connectivity index (χ2n) is 11.7. The van der Waals surface area contributed by atoms with E-state index in [1.807, 2.05) is 27.7 Å². The van der Waals surface area contributed by atoms with Crippen LogP contribution in [0.4, 0.5) is 11.9 Å². The van der Waals surface area contributed by atoms with E-state index in [4.69, 9.17) is 33.5 Å². The first-order valence-electron chi connectivity index (χ1n) is 13.5. The standard InChI is InChI=1S/C25H39N5O7/c1-24(2)34-17-16(33-20-19(18(17)35-24)36-25(3,4)37-20)12-32-23-29-21(26-8-5-9-31)28-22(30-23)27-15-11-13-6-7-14(15)10-13/h13-20,31H,5-12H2,1-4H3,(H2,26,27,28,29,30)/t13-,14+,15+,16-,17+,18+,19-,20-/m1/s1. The molecule has 2 bridgehead atoms. The first-order valence-corrected chi connectivity index (χ1v) is 13.5. The van der Waals surface area contributed by atoms with E-state index in [9.17, 15) is 0 Å². The summed E-state index contributed by atoms with van der Waals surface area (Å²) in [6.07, 6.45) is 3.37. The van der Waals surface area contributed by atoms with Crippen LogP contribution in [0, 0.1) is 11.8 Å². The van der Waals surface area contributed by atoms with Crippen LogP contribution in [0.2, 0.25) is 0 Å². The summed E-state index contributed by atoms with van der Waals surface area (Å²) < 4.78 is 36.8. The second kappa shape index (κ2) is 9.73. The molecule has 5 aliphatic rings. The van der Waals surface area contributed by atoms with Crippen LogP contribution in [0.25, 0.3) is 0 Å². The molecule has 12 heteroatoms. The molecule has 3 saturated heterocycles. The van der Waals surface area contributed by atoms with Gasteiger partial charge in [0.05, 0.1) is 0 Å². The quantitative estimate of drug-likeness (QED) is 0.410. The lowest BCUT2D eigenvalue weighted by Gasteiger charge is -2.36. The smallest absolute Gasteiger partial charge is 0.323 e. The Kier molecular flexibility index (Phi) is 6.69. The molecule has 8 atom stereocenters. The molecule has 12 nitrogen and oxygen atoms in total. The van der Waals surface area contributed by atoms with E-state index in [0.29, 0.717) is 36.8 Å². The maximum Gasteiger partial charge on any atom is 0.323 e. The molecular weight excluding hydrogens is 482 g/mol. The first-order chi connectivity index (χ1) is 17.7. The highest BCUT2D eigenvalue weighted by Crippen LogP contribution is 2.46. The van der Waals surface area contributed by atoms with Crippen molar-refractivity contribution >= 4 is 11.9 Å². The van der Waals surface area contributed by atoms with E-state index in [2.05, 4.69) is 25.6 Å². The van der Waals surface area contributed by atoms with E-state index >= 15 is 0 Å². The van der Waals surface area contributed by atoms with Gasteiger partial charge in [-0.2, -0.15) is 15.0 Å². The van der Waals surface area contributed by atoms with Crippen LogP contribution in [0.15, 0.2) is 0 Å². The third kappa shape index (κ3) is 5.37. The molecule has 1 aromatic rings. The van der Waals surface area contributed by atoms with E-state index in [1.165, 1.54) is 19.3 Å². The molecule has 3 aliphatic heterocycles. The van der Waals surface area contributed by atoms with Gasteiger partial charge in [0.1, 0.15) is 31.0 Å². The molecule has 37 heavy (non-hydrogen) atoms. The number of nitrogens with one attached hydrogen (secondary N) is 2. The highest BCUT2D eigenvalue weighted by atomic mass is 16.9. The minimum Gasteiger partial charge on any atom is -0.460 e. The number of ether oxygens (including phenoxy) is 6. The molecule has 0 aromatic carbocycles. The number of aromatic nitrogens is 3. The molecule has 6 rings (SSSR count). The molecule has 3 N–H and O–H groups in total. The summed E-state index contributed by atoms with van der Waals surface area (Å²) in [4.78, 5) is 13.6. The van der Waals surface area contributed by atoms with Crippen molar-refractivity contribution in [3.8, 4) is 6.01 Å². The average molecular weight is 522 g/mol. The molecule has 0 amide bonds. The molecule has 0 spiro atoms. The lowest BCUT2D eigenvalue weighted by Crippen LogP contribution is -2.56. The van der Waals surface area contributed by atoms with Crippen molar-refractivity contribution < 1.29 is 33.5 Å². The number of nitrogens with zero attached hydrogens (tertiary/aromatic N) is 3.